The van der Waals surface area contributed by atoms with Crippen LogP contribution in [0, 0.1) is 6.92 Å². The molecule has 1 saturated heterocycles. The SMILES string of the molecule is CC(=O)N1CCC(C(=O)OCC(=O)NCc2ccccc2C)(c2ccccc2)CC1. The molecule has 30 heavy (non-hydrogen) atoms. The molecular weight excluding hydrogens is 380 g/mol. The van der Waals surface area contributed by atoms with Crippen LogP contribution in [0.5, 0.6) is 0 Å². The zero-order valence-corrected chi connectivity index (χ0v) is 17.5. The molecule has 1 aliphatic rings. The van der Waals surface area contributed by atoms with Crippen molar-refractivity contribution in [1.29, 1.82) is 0 Å². The summed E-state index contributed by atoms with van der Waals surface area (Å²) < 4.78 is 5.46. The van der Waals surface area contributed by atoms with E-state index in [0.29, 0.717) is 32.5 Å². The average Bonchev–Trinajstić information content (AvgIpc) is 2.77. The number of hydrogen-bond acceptors (Lipinski definition) is 4. The molecule has 0 radical (unpaired) electrons. The Balaban J connectivity index is 1.63. The molecule has 0 spiro atoms. The fourth-order valence-electron chi connectivity index (χ4n) is 3.89. The van der Waals surface area contributed by atoms with Gasteiger partial charge < -0.3 is 15.0 Å². The van der Waals surface area contributed by atoms with Gasteiger partial charge in [-0.2, -0.15) is 0 Å². The van der Waals surface area contributed by atoms with Gasteiger partial charge in [0, 0.05) is 26.6 Å². The highest BCUT2D eigenvalue weighted by molar-refractivity contribution is 5.87. The molecule has 6 heteroatoms. The minimum atomic E-state index is -0.844. The van der Waals surface area contributed by atoms with Crippen LogP contribution in [0.2, 0.25) is 0 Å². The number of carbonyl (C=O) groups excluding carboxylic acids is 3. The molecule has 1 aliphatic heterocycles. The second-order valence-corrected chi connectivity index (χ2v) is 7.73. The number of rotatable bonds is 6. The molecule has 0 bridgehead atoms. The monoisotopic (exact) mass is 408 g/mol. The molecule has 1 heterocycles. The van der Waals surface area contributed by atoms with Gasteiger partial charge >= 0.3 is 5.97 Å². The maximum atomic E-state index is 13.1. The summed E-state index contributed by atoms with van der Waals surface area (Å²) in [5.74, 6) is -0.750. The molecule has 6 nitrogen and oxygen atoms in total. The van der Waals surface area contributed by atoms with Crippen molar-refractivity contribution < 1.29 is 19.1 Å². The van der Waals surface area contributed by atoms with Gasteiger partial charge in [0.25, 0.3) is 5.91 Å². The van der Waals surface area contributed by atoms with Crippen LogP contribution in [0.15, 0.2) is 54.6 Å². The fraction of sp³-hybridized carbons (Fsp3) is 0.375. The van der Waals surface area contributed by atoms with Crippen molar-refractivity contribution in [3.05, 3.63) is 71.3 Å². The van der Waals surface area contributed by atoms with Crippen LogP contribution in [-0.2, 0) is 31.1 Å². The Bertz CT molecular complexity index is 902. The van der Waals surface area contributed by atoms with Crippen molar-refractivity contribution in [2.24, 2.45) is 0 Å². The highest BCUT2D eigenvalue weighted by Crippen LogP contribution is 2.37. The van der Waals surface area contributed by atoms with E-state index in [-0.39, 0.29) is 18.4 Å². The van der Waals surface area contributed by atoms with E-state index in [1.165, 1.54) is 6.92 Å². The van der Waals surface area contributed by atoms with Crippen LogP contribution in [-0.4, -0.2) is 42.4 Å². The molecule has 2 aromatic carbocycles. The number of carbonyl (C=O) groups is 3. The lowest BCUT2D eigenvalue weighted by molar-refractivity contribution is -0.157. The van der Waals surface area contributed by atoms with E-state index in [1.54, 1.807) is 4.90 Å². The van der Waals surface area contributed by atoms with E-state index >= 15 is 0 Å². The Labute approximate surface area is 177 Å². The number of nitrogens with one attached hydrogen (secondary N) is 1. The zero-order valence-electron chi connectivity index (χ0n) is 17.5. The molecule has 0 unspecified atom stereocenters. The number of likely N-dealkylation sites (tertiary alicyclic amines) is 1. The van der Waals surface area contributed by atoms with Crippen LogP contribution >= 0.6 is 0 Å². The molecule has 158 valence electrons. The Morgan fingerprint density at radius 3 is 2.27 bits per heavy atom. The molecule has 0 aliphatic carbocycles. The lowest BCUT2D eigenvalue weighted by Crippen LogP contribution is -2.49. The topological polar surface area (TPSA) is 75.7 Å². The van der Waals surface area contributed by atoms with Gasteiger partial charge in [0.2, 0.25) is 5.91 Å². The van der Waals surface area contributed by atoms with Gasteiger partial charge in [-0.3, -0.25) is 14.4 Å². The summed E-state index contributed by atoms with van der Waals surface area (Å²) in [6, 6.07) is 17.3. The second-order valence-electron chi connectivity index (χ2n) is 7.73. The lowest BCUT2D eigenvalue weighted by atomic mass is 9.72. The molecule has 0 aromatic heterocycles. The Morgan fingerprint density at radius 2 is 1.63 bits per heavy atom. The summed E-state index contributed by atoms with van der Waals surface area (Å²) >= 11 is 0. The highest BCUT2D eigenvalue weighted by atomic mass is 16.5. The normalized spacial score (nSPS) is 15.3. The first-order valence-corrected chi connectivity index (χ1v) is 10.2. The standard InChI is InChI=1S/C24H28N2O4/c1-18-8-6-7-9-20(18)16-25-22(28)17-30-23(29)24(21-10-4-3-5-11-21)12-14-26(15-13-24)19(2)27/h3-11H,12-17H2,1-2H3,(H,25,28). The van der Waals surface area contributed by atoms with Crippen LogP contribution in [0.25, 0.3) is 0 Å². The summed E-state index contributed by atoms with van der Waals surface area (Å²) in [6.45, 7) is 4.55. The molecule has 1 N–H and O–H groups in total. The van der Waals surface area contributed by atoms with Crippen LogP contribution in [0.1, 0.15) is 36.5 Å². The number of nitrogens with zero attached hydrogens (tertiary/aromatic N) is 1. The van der Waals surface area contributed by atoms with Crippen molar-refractivity contribution in [3.8, 4) is 0 Å². The first-order valence-electron chi connectivity index (χ1n) is 10.2. The number of ether oxygens (including phenoxy) is 1. The quantitative estimate of drug-likeness (QED) is 0.746. The van der Waals surface area contributed by atoms with E-state index in [1.807, 2.05) is 61.5 Å². The molecule has 3 rings (SSSR count). The lowest BCUT2D eigenvalue weighted by Gasteiger charge is -2.40. The van der Waals surface area contributed by atoms with E-state index < -0.39 is 11.4 Å². The van der Waals surface area contributed by atoms with Crippen LogP contribution in [0.4, 0.5) is 0 Å². The number of hydrogen-bond donors (Lipinski definition) is 1. The minimum absolute atomic E-state index is 0.000567. The van der Waals surface area contributed by atoms with Gasteiger partial charge in [-0.15, -0.1) is 0 Å². The first-order chi connectivity index (χ1) is 14.4. The van der Waals surface area contributed by atoms with Crippen molar-refractivity contribution >= 4 is 17.8 Å². The third-order valence-electron chi connectivity index (χ3n) is 5.85. The van der Waals surface area contributed by atoms with Crippen LogP contribution in [0.3, 0.4) is 0 Å². The number of aryl methyl sites for hydroxylation is 1. The summed E-state index contributed by atoms with van der Waals surface area (Å²) in [6.07, 6.45) is 0.945. The molecule has 2 aromatic rings. The predicted molar refractivity (Wildman–Crippen MR) is 114 cm³/mol. The van der Waals surface area contributed by atoms with E-state index in [2.05, 4.69) is 5.32 Å². The smallest absolute Gasteiger partial charge is 0.317 e. The minimum Gasteiger partial charge on any atom is -0.455 e. The van der Waals surface area contributed by atoms with Gasteiger partial charge in [0.15, 0.2) is 6.61 Å². The highest BCUT2D eigenvalue weighted by Gasteiger charge is 2.44. The third-order valence-corrected chi connectivity index (χ3v) is 5.85. The number of benzene rings is 2. The number of piperidine rings is 1. The molecular formula is C24H28N2O4. The molecule has 0 saturated carbocycles. The van der Waals surface area contributed by atoms with Gasteiger partial charge in [-0.1, -0.05) is 54.6 Å². The van der Waals surface area contributed by atoms with Gasteiger partial charge in [0.05, 0.1) is 5.41 Å². The number of amides is 2. The maximum Gasteiger partial charge on any atom is 0.317 e. The molecule has 0 atom stereocenters. The third kappa shape index (κ3) is 4.87. The fourth-order valence-corrected chi connectivity index (χ4v) is 3.89. The van der Waals surface area contributed by atoms with E-state index in [9.17, 15) is 14.4 Å². The summed E-state index contributed by atoms with van der Waals surface area (Å²) in [5, 5.41) is 2.80. The maximum absolute atomic E-state index is 13.1. The van der Waals surface area contributed by atoms with Gasteiger partial charge in [-0.05, 0) is 36.5 Å². The van der Waals surface area contributed by atoms with Crippen molar-refractivity contribution in [1.82, 2.24) is 10.2 Å². The largest absolute Gasteiger partial charge is 0.455 e. The molecule has 2 amide bonds. The predicted octanol–water partition coefficient (Wildman–Crippen LogP) is 2.73. The van der Waals surface area contributed by atoms with Crippen molar-refractivity contribution in [3.63, 3.8) is 0 Å². The van der Waals surface area contributed by atoms with Gasteiger partial charge in [-0.25, -0.2) is 0 Å². The van der Waals surface area contributed by atoms with Crippen molar-refractivity contribution in [2.75, 3.05) is 19.7 Å². The molecule has 1 fully saturated rings. The second kappa shape index (κ2) is 9.57. The Hall–Kier alpha value is -3.15. The Morgan fingerprint density at radius 1 is 1.00 bits per heavy atom. The first kappa shape index (κ1) is 21.6. The van der Waals surface area contributed by atoms with Gasteiger partial charge in [0.1, 0.15) is 0 Å². The summed E-state index contributed by atoms with van der Waals surface area (Å²) in [4.78, 5) is 38.8. The Kier molecular flexibility index (Phi) is 6.87. The average molecular weight is 408 g/mol. The summed E-state index contributed by atoms with van der Waals surface area (Å²) in [5.41, 5.74) is 2.13. The zero-order chi connectivity index (χ0) is 21.6. The van der Waals surface area contributed by atoms with E-state index in [4.69, 9.17) is 4.74 Å². The van der Waals surface area contributed by atoms with Crippen molar-refractivity contribution in [2.45, 2.75) is 38.6 Å². The van der Waals surface area contributed by atoms with E-state index in [0.717, 1.165) is 16.7 Å². The summed E-state index contributed by atoms with van der Waals surface area (Å²) in [7, 11) is 0. The number of esters is 1. The van der Waals surface area contributed by atoms with Crippen LogP contribution < -0.4 is 5.32 Å².